The zero-order chi connectivity index (χ0) is 21.8. The van der Waals surface area contributed by atoms with Crippen LogP contribution in [0.5, 0.6) is 5.75 Å². The molecule has 0 aliphatic carbocycles. The van der Waals surface area contributed by atoms with E-state index in [2.05, 4.69) is 22.3 Å². The first-order chi connectivity index (χ1) is 15.0. The van der Waals surface area contributed by atoms with E-state index in [4.69, 9.17) is 4.74 Å². The summed E-state index contributed by atoms with van der Waals surface area (Å²) in [6.07, 6.45) is 2.86. The summed E-state index contributed by atoms with van der Waals surface area (Å²) in [6, 6.07) is 15.1. The van der Waals surface area contributed by atoms with Crippen LogP contribution in [0, 0.1) is 0 Å². The number of sulfonamides is 1. The molecule has 4 rings (SSSR count). The third-order valence-corrected chi connectivity index (χ3v) is 7.60. The van der Waals surface area contributed by atoms with E-state index >= 15 is 0 Å². The van der Waals surface area contributed by atoms with Crippen molar-refractivity contribution in [2.75, 3.05) is 34.6 Å². The van der Waals surface area contributed by atoms with Crippen molar-refractivity contribution in [2.24, 2.45) is 0 Å². The van der Waals surface area contributed by atoms with Crippen LogP contribution in [0.1, 0.15) is 31.7 Å². The Bertz CT molecular complexity index is 1020. The van der Waals surface area contributed by atoms with Crippen LogP contribution in [0.2, 0.25) is 0 Å². The number of piperidine rings is 1. The third kappa shape index (κ3) is 4.79. The molecule has 1 N–H and O–H groups in total. The second-order valence-electron chi connectivity index (χ2n) is 7.94. The minimum Gasteiger partial charge on any atom is -0.476 e. The van der Waals surface area contributed by atoms with Crippen LogP contribution in [-0.4, -0.2) is 45.8 Å². The average molecular weight is 444 g/mol. The topological polar surface area (TPSA) is 79.0 Å². The van der Waals surface area contributed by atoms with Gasteiger partial charge in [0.25, 0.3) is 5.91 Å². The largest absolute Gasteiger partial charge is 0.476 e. The van der Waals surface area contributed by atoms with Crippen molar-refractivity contribution in [1.82, 2.24) is 5.32 Å². The highest BCUT2D eigenvalue weighted by molar-refractivity contribution is 7.92. The van der Waals surface area contributed by atoms with Gasteiger partial charge in [0.1, 0.15) is 5.75 Å². The molecule has 2 heterocycles. The summed E-state index contributed by atoms with van der Waals surface area (Å²) in [5.41, 5.74) is 2.67. The number of para-hydroxylation sites is 2. The number of hydrogen-bond donors (Lipinski definition) is 1. The lowest BCUT2D eigenvalue weighted by Gasteiger charge is -2.34. The number of benzene rings is 2. The first kappa shape index (κ1) is 21.5. The summed E-state index contributed by atoms with van der Waals surface area (Å²) in [5.74, 6) is 0.0293. The predicted molar refractivity (Wildman–Crippen MR) is 122 cm³/mol. The SMILES string of the molecule is CCS(=O)(=O)N1CC(C(=O)NCc2ccc(N3CCCCC3)cc2)Oc2ccccc21. The number of nitrogens with one attached hydrogen (secondary N) is 1. The minimum atomic E-state index is -3.52. The zero-order valence-electron chi connectivity index (χ0n) is 17.8. The van der Waals surface area contributed by atoms with Crippen LogP contribution in [-0.2, 0) is 21.4 Å². The Labute approximate surface area is 184 Å². The van der Waals surface area contributed by atoms with Crippen LogP contribution >= 0.6 is 0 Å². The fourth-order valence-corrected chi connectivity index (χ4v) is 5.16. The van der Waals surface area contributed by atoms with Gasteiger partial charge in [-0.3, -0.25) is 9.10 Å². The Morgan fingerprint density at radius 1 is 1.06 bits per heavy atom. The number of rotatable bonds is 6. The van der Waals surface area contributed by atoms with E-state index in [1.807, 2.05) is 12.1 Å². The first-order valence-electron chi connectivity index (χ1n) is 10.9. The van der Waals surface area contributed by atoms with E-state index in [1.165, 1.54) is 29.3 Å². The molecule has 1 unspecified atom stereocenters. The van der Waals surface area contributed by atoms with Crippen molar-refractivity contribution < 1.29 is 17.9 Å². The van der Waals surface area contributed by atoms with Crippen LogP contribution in [0.4, 0.5) is 11.4 Å². The molecule has 0 saturated carbocycles. The van der Waals surface area contributed by atoms with E-state index in [0.717, 1.165) is 18.7 Å². The van der Waals surface area contributed by atoms with Gasteiger partial charge in [0, 0.05) is 25.3 Å². The van der Waals surface area contributed by atoms with Crippen molar-refractivity contribution in [3.63, 3.8) is 0 Å². The van der Waals surface area contributed by atoms with E-state index < -0.39 is 16.1 Å². The molecule has 166 valence electrons. The second kappa shape index (κ2) is 9.18. The molecule has 31 heavy (non-hydrogen) atoms. The molecule has 0 aromatic heterocycles. The predicted octanol–water partition coefficient (Wildman–Crippen LogP) is 2.91. The average Bonchev–Trinajstić information content (AvgIpc) is 2.82. The lowest BCUT2D eigenvalue weighted by molar-refractivity contribution is -0.127. The highest BCUT2D eigenvalue weighted by atomic mass is 32.2. The van der Waals surface area contributed by atoms with E-state index in [1.54, 1.807) is 31.2 Å². The summed E-state index contributed by atoms with van der Waals surface area (Å²) < 4.78 is 32.2. The van der Waals surface area contributed by atoms with Crippen molar-refractivity contribution in [3.8, 4) is 5.75 Å². The normalized spacial score (nSPS) is 18.8. The van der Waals surface area contributed by atoms with Gasteiger partial charge in [-0.15, -0.1) is 0 Å². The smallest absolute Gasteiger partial charge is 0.263 e. The van der Waals surface area contributed by atoms with Crippen molar-refractivity contribution in [2.45, 2.75) is 38.8 Å². The second-order valence-corrected chi connectivity index (χ2v) is 10.1. The summed E-state index contributed by atoms with van der Waals surface area (Å²) in [7, 11) is -3.52. The zero-order valence-corrected chi connectivity index (χ0v) is 18.6. The van der Waals surface area contributed by atoms with Crippen molar-refractivity contribution in [1.29, 1.82) is 0 Å². The number of amides is 1. The molecular formula is C23H29N3O4S. The fraction of sp³-hybridized carbons (Fsp3) is 0.435. The van der Waals surface area contributed by atoms with Crippen LogP contribution in [0.25, 0.3) is 0 Å². The standard InChI is InChI=1S/C23H29N3O4S/c1-2-31(28,29)26-17-22(30-21-9-5-4-8-20(21)26)23(27)24-16-18-10-12-19(13-11-18)25-14-6-3-7-15-25/h4-5,8-13,22H,2-3,6-7,14-17H2,1H3,(H,24,27). The molecule has 0 radical (unpaired) electrons. The quantitative estimate of drug-likeness (QED) is 0.743. The van der Waals surface area contributed by atoms with Gasteiger partial charge >= 0.3 is 0 Å². The Morgan fingerprint density at radius 3 is 2.48 bits per heavy atom. The Kier molecular flexibility index (Phi) is 6.36. The number of ether oxygens (including phenoxy) is 1. The number of nitrogens with zero attached hydrogens (tertiary/aromatic N) is 2. The minimum absolute atomic E-state index is 0.0348. The molecule has 8 heteroatoms. The Morgan fingerprint density at radius 2 is 1.77 bits per heavy atom. The summed E-state index contributed by atoms with van der Waals surface area (Å²) >= 11 is 0. The van der Waals surface area contributed by atoms with Crippen molar-refractivity contribution in [3.05, 3.63) is 54.1 Å². The van der Waals surface area contributed by atoms with Gasteiger partial charge in [0.15, 0.2) is 6.10 Å². The van der Waals surface area contributed by atoms with Gasteiger partial charge in [-0.2, -0.15) is 0 Å². The van der Waals surface area contributed by atoms with E-state index in [-0.39, 0.29) is 18.2 Å². The van der Waals surface area contributed by atoms with E-state index in [9.17, 15) is 13.2 Å². The number of carbonyl (C=O) groups excluding carboxylic acids is 1. The lowest BCUT2D eigenvalue weighted by atomic mass is 10.1. The van der Waals surface area contributed by atoms with Gasteiger partial charge < -0.3 is 15.0 Å². The molecule has 1 atom stereocenters. The molecule has 2 aromatic rings. The number of carbonyl (C=O) groups is 1. The first-order valence-corrected chi connectivity index (χ1v) is 12.5. The lowest BCUT2D eigenvalue weighted by Crippen LogP contribution is -2.50. The van der Waals surface area contributed by atoms with Crippen molar-refractivity contribution >= 4 is 27.3 Å². The van der Waals surface area contributed by atoms with Gasteiger partial charge in [-0.1, -0.05) is 24.3 Å². The molecular weight excluding hydrogens is 414 g/mol. The maximum atomic E-state index is 12.8. The molecule has 7 nitrogen and oxygen atoms in total. The fourth-order valence-electron chi connectivity index (χ4n) is 4.04. The van der Waals surface area contributed by atoms with Crippen LogP contribution in [0.15, 0.2) is 48.5 Å². The van der Waals surface area contributed by atoms with Crippen LogP contribution in [0.3, 0.4) is 0 Å². The summed E-state index contributed by atoms with van der Waals surface area (Å²) in [4.78, 5) is 15.2. The monoisotopic (exact) mass is 443 g/mol. The van der Waals surface area contributed by atoms with Crippen LogP contribution < -0.4 is 19.3 Å². The Balaban J connectivity index is 1.40. The molecule has 2 aliphatic heterocycles. The number of fused-ring (bicyclic) bond motifs is 1. The van der Waals surface area contributed by atoms with E-state index in [0.29, 0.717) is 18.0 Å². The third-order valence-electron chi connectivity index (χ3n) is 5.85. The highest BCUT2D eigenvalue weighted by Gasteiger charge is 2.35. The molecule has 0 bridgehead atoms. The van der Waals surface area contributed by atoms with Gasteiger partial charge in [0.05, 0.1) is 18.0 Å². The molecule has 2 aromatic carbocycles. The highest BCUT2D eigenvalue weighted by Crippen LogP contribution is 2.35. The summed E-state index contributed by atoms with van der Waals surface area (Å²) in [5, 5.41) is 2.89. The van der Waals surface area contributed by atoms with Gasteiger partial charge in [-0.25, -0.2) is 8.42 Å². The molecule has 1 saturated heterocycles. The Hall–Kier alpha value is -2.74. The molecule has 2 aliphatic rings. The molecule has 1 fully saturated rings. The number of anilines is 2. The summed E-state index contributed by atoms with van der Waals surface area (Å²) in [6.45, 7) is 4.10. The molecule has 1 amide bonds. The van der Waals surface area contributed by atoms with Gasteiger partial charge in [-0.05, 0) is 56.0 Å². The number of hydrogen-bond acceptors (Lipinski definition) is 5. The molecule has 0 spiro atoms. The maximum absolute atomic E-state index is 12.8. The van der Waals surface area contributed by atoms with Gasteiger partial charge in [0.2, 0.25) is 10.0 Å². The maximum Gasteiger partial charge on any atom is 0.263 e.